The van der Waals surface area contributed by atoms with E-state index < -0.39 is 17.9 Å². The number of carbonyl (C=O) groups is 3. The Kier molecular flexibility index (Phi) is 6.61. The van der Waals surface area contributed by atoms with Crippen molar-refractivity contribution in [2.24, 2.45) is 0 Å². The summed E-state index contributed by atoms with van der Waals surface area (Å²) in [4.78, 5) is 30.8. The second kappa shape index (κ2) is 7.54. The smallest absolute Gasteiger partial charge is 0.331 e. The lowest BCUT2D eigenvalue weighted by molar-refractivity contribution is -0.139. The molecule has 0 fully saturated rings. The number of carboxylic acids is 2. The summed E-state index contributed by atoms with van der Waals surface area (Å²) in [5, 5.41) is 16.5. The minimum atomic E-state index is -1.22. The van der Waals surface area contributed by atoms with E-state index in [4.69, 9.17) is 10.2 Å². The van der Waals surface area contributed by atoms with Crippen LogP contribution < -0.4 is 0 Å². The molecular weight excluding hydrogens is 204 g/mol. The summed E-state index contributed by atoms with van der Waals surface area (Å²) in [6, 6.07) is 0. The molecule has 0 amide bonds. The van der Waals surface area contributed by atoms with Crippen LogP contribution in [-0.2, 0) is 19.1 Å². The third kappa shape index (κ3) is 10.1. The Hall–Kier alpha value is -1.85. The van der Waals surface area contributed by atoms with Crippen molar-refractivity contribution >= 4 is 17.9 Å². The van der Waals surface area contributed by atoms with E-state index in [0.29, 0.717) is 18.9 Å². The summed E-state index contributed by atoms with van der Waals surface area (Å²) >= 11 is 0. The van der Waals surface area contributed by atoms with E-state index in [1.807, 2.05) is 0 Å². The maximum absolute atomic E-state index is 10.8. The average Bonchev–Trinajstić information content (AvgIpc) is 2.13. The summed E-state index contributed by atoms with van der Waals surface area (Å²) in [6.07, 6.45) is 2.38. The summed E-state index contributed by atoms with van der Waals surface area (Å²) < 4.78 is 4.59. The molecule has 0 unspecified atom stereocenters. The first-order valence-corrected chi connectivity index (χ1v) is 4.32. The van der Waals surface area contributed by atoms with E-state index in [-0.39, 0.29) is 13.0 Å². The van der Waals surface area contributed by atoms with Crippen LogP contribution in [0.25, 0.3) is 0 Å². The third-order valence-electron chi connectivity index (χ3n) is 1.39. The zero-order valence-electron chi connectivity index (χ0n) is 8.01. The number of hydrogen-bond acceptors (Lipinski definition) is 4. The lowest BCUT2D eigenvalue weighted by Gasteiger charge is -1.99. The van der Waals surface area contributed by atoms with E-state index in [1.54, 1.807) is 0 Å². The maximum atomic E-state index is 10.8. The second-order valence-corrected chi connectivity index (χ2v) is 2.69. The molecule has 6 heteroatoms. The van der Waals surface area contributed by atoms with E-state index in [0.717, 1.165) is 6.08 Å². The standard InChI is InChI=1S/C9H12O6/c10-7(11)3-1-2-6-15-9(14)5-4-8(12)13/h4-5H,1-3,6H2,(H,10,11)(H,12,13)/b5-4-. The maximum Gasteiger partial charge on any atom is 0.331 e. The van der Waals surface area contributed by atoms with Crippen molar-refractivity contribution < 1.29 is 29.3 Å². The molecule has 0 saturated heterocycles. The van der Waals surface area contributed by atoms with Crippen molar-refractivity contribution in [1.29, 1.82) is 0 Å². The molecule has 0 aromatic carbocycles. The predicted octanol–water partition coefficient (Wildman–Crippen LogP) is 0.425. The lowest BCUT2D eigenvalue weighted by Crippen LogP contribution is -2.04. The van der Waals surface area contributed by atoms with Gasteiger partial charge in [-0.3, -0.25) is 4.79 Å². The fourth-order valence-corrected chi connectivity index (χ4v) is 0.738. The van der Waals surface area contributed by atoms with E-state index in [2.05, 4.69) is 4.74 Å². The first kappa shape index (κ1) is 13.2. The highest BCUT2D eigenvalue weighted by Crippen LogP contribution is 1.96. The molecule has 0 bridgehead atoms. The molecule has 0 heterocycles. The highest BCUT2D eigenvalue weighted by molar-refractivity contribution is 5.90. The van der Waals surface area contributed by atoms with Gasteiger partial charge in [-0.25, -0.2) is 9.59 Å². The first-order valence-electron chi connectivity index (χ1n) is 4.32. The molecule has 0 radical (unpaired) electrons. The van der Waals surface area contributed by atoms with Crippen LogP contribution in [0.3, 0.4) is 0 Å². The van der Waals surface area contributed by atoms with Gasteiger partial charge in [0.25, 0.3) is 0 Å². The molecule has 84 valence electrons. The Morgan fingerprint density at radius 3 is 2.27 bits per heavy atom. The van der Waals surface area contributed by atoms with Crippen LogP contribution in [0.5, 0.6) is 0 Å². The van der Waals surface area contributed by atoms with Gasteiger partial charge in [-0.15, -0.1) is 0 Å². The van der Waals surface area contributed by atoms with Gasteiger partial charge in [-0.05, 0) is 12.8 Å². The quantitative estimate of drug-likeness (QED) is 0.363. The third-order valence-corrected chi connectivity index (χ3v) is 1.39. The number of carbonyl (C=O) groups excluding carboxylic acids is 1. The van der Waals surface area contributed by atoms with Crippen LogP contribution in [0.15, 0.2) is 12.2 Å². The Morgan fingerprint density at radius 2 is 1.73 bits per heavy atom. The number of rotatable bonds is 7. The van der Waals surface area contributed by atoms with E-state index >= 15 is 0 Å². The molecule has 0 aliphatic carbocycles. The van der Waals surface area contributed by atoms with Gasteiger partial charge in [0.15, 0.2) is 0 Å². The number of ether oxygens (including phenoxy) is 1. The fourth-order valence-electron chi connectivity index (χ4n) is 0.738. The highest BCUT2D eigenvalue weighted by Gasteiger charge is 1.99. The summed E-state index contributed by atoms with van der Waals surface area (Å²) in [5.41, 5.74) is 0. The van der Waals surface area contributed by atoms with Crippen LogP contribution in [0.2, 0.25) is 0 Å². The minimum Gasteiger partial charge on any atom is -0.481 e. The van der Waals surface area contributed by atoms with Crippen LogP contribution in [0.4, 0.5) is 0 Å². The van der Waals surface area contributed by atoms with Crippen molar-refractivity contribution in [2.45, 2.75) is 19.3 Å². The number of aliphatic carboxylic acids is 2. The summed E-state index contributed by atoms with van der Waals surface area (Å²) in [5.74, 6) is -2.86. The Bertz CT molecular complexity index is 268. The van der Waals surface area contributed by atoms with Gasteiger partial charge in [0, 0.05) is 18.6 Å². The molecule has 0 aliphatic rings. The molecular formula is C9H12O6. The molecule has 0 spiro atoms. The molecule has 2 N–H and O–H groups in total. The van der Waals surface area contributed by atoms with Gasteiger partial charge in [-0.2, -0.15) is 0 Å². The van der Waals surface area contributed by atoms with Gasteiger partial charge in [0.2, 0.25) is 0 Å². The normalized spacial score (nSPS) is 10.1. The van der Waals surface area contributed by atoms with Gasteiger partial charge in [0.1, 0.15) is 0 Å². The van der Waals surface area contributed by atoms with E-state index in [1.165, 1.54) is 0 Å². The van der Waals surface area contributed by atoms with Gasteiger partial charge < -0.3 is 14.9 Å². The van der Waals surface area contributed by atoms with Crippen molar-refractivity contribution in [1.82, 2.24) is 0 Å². The molecule has 15 heavy (non-hydrogen) atoms. The zero-order valence-corrected chi connectivity index (χ0v) is 8.01. The lowest BCUT2D eigenvalue weighted by atomic mass is 10.2. The topological polar surface area (TPSA) is 101 Å². The molecule has 0 saturated carbocycles. The van der Waals surface area contributed by atoms with Crippen molar-refractivity contribution in [3.8, 4) is 0 Å². The van der Waals surface area contributed by atoms with Gasteiger partial charge >= 0.3 is 17.9 Å². The highest BCUT2D eigenvalue weighted by atomic mass is 16.5. The largest absolute Gasteiger partial charge is 0.481 e. The Balaban J connectivity index is 3.47. The average molecular weight is 216 g/mol. The monoisotopic (exact) mass is 216 g/mol. The Labute approximate surface area is 86.2 Å². The van der Waals surface area contributed by atoms with Crippen molar-refractivity contribution in [2.75, 3.05) is 6.61 Å². The number of carboxylic acid groups (broad SMARTS) is 2. The first-order chi connectivity index (χ1) is 7.02. The minimum absolute atomic E-state index is 0.0303. The van der Waals surface area contributed by atoms with Crippen molar-refractivity contribution in [3.05, 3.63) is 12.2 Å². The molecule has 0 aromatic heterocycles. The molecule has 0 aromatic rings. The second-order valence-electron chi connectivity index (χ2n) is 2.69. The molecule has 0 atom stereocenters. The SMILES string of the molecule is O=C(O)/C=C\C(=O)OCCCCC(=O)O. The van der Waals surface area contributed by atoms with Gasteiger partial charge in [-0.1, -0.05) is 0 Å². The molecule has 0 aliphatic heterocycles. The Morgan fingerprint density at radius 1 is 1.07 bits per heavy atom. The summed E-state index contributed by atoms with van der Waals surface area (Å²) in [6.45, 7) is 0.0933. The number of esters is 1. The van der Waals surface area contributed by atoms with Crippen LogP contribution >= 0.6 is 0 Å². The number of hydrogen-bond donors (Lipinski definition) is 2. The van der Waals surface area contributed by atoms with Gasteiger partial charge in [0.05, 0.1) is 6.61 Å². The number of unbranched alkanes of at least 4 members (excludes halogenated alkanes) is 1. The predicted molar refractivity (Wildman–Crippen MR) is 49.2 cm³/mol. The molecule has 0 rings (SSSR count). The van der Waals surface area contributed by atoms with Crippen LogP contribution in [0.1, 0.15) is 19.3 Å². The fraction of sp³-hybridized carbons (Fsp3) is 0.444. The van der Waals surface area contributed by atoms with Crippen molar-refractivity contribution in [3.63, 3.8) is 0 Å². The zero-order chi connectivity index (χ0) is 11.7. The van der Waals surface area contributed by atoms with Crippen LogP contribution in [0, 0.1) is 0 Å². The van der Waals surface area contributed by atoms with Crippen LogP contribution in [-0.4, -0.2) is 34.7 Å². The summed E-state index contributed by atoms with van der Waals surface area (Å²) in [7, 11) is 0. The van der Waals surface area contributed by atoms with E-state index in [9.17, 15) is 14.4 Å². The molecule has 6 nitrogen and oxygen atoms in total.